The summed E-state index contributed by atoms with van der Waals surface area (Å²) in [6.45, 7) is 7.09. The van der Waals surface area contributed by atoms with Gasteiger partial charge in [0.05, 0.1) is 10.6 Å². The quantitative estimate of drug-likeness (QED) is 0.507. The minimum Gasteiger partial charge on any atom is -0.322 e. The Bertz CT molecular complexity index is 529. The molecule has 0 aliphatic carbocycles. The molecule has 1 aromatic rings. The van der Waals surface area contributed by atoms with Crippen LogP contribution in [0.15, 0.2) is 23.8 Å². The van der Waals surface area contributed by atoms with E-state index in [1.165, 1.54) is 12.1 Å². The summed E-state index contributed by atoms with van der Waals surface area (Å²) in [6, 6.07) is 3.08. The first-order valence-corrected chi connectivity index (χ1v) is 5.52. The molecule has 5 heteroatoms. The smallest absolute Gasteiger partial charge is 0.274 e. The van der Waals surface area contributed by atoms with Gasteiger partial charge in [-0.25, -0.2) is 0 Å². The number of allylic oxidation sites excluding steroid dienone is 1. The number of amides is 1. The van der Waals surface area contributed by atoms with E-state index in [1.807, 2.05) is 13.8 Å². The molecule has 18 heavy (non-hydrogen) atoms. The van der Waals surface area contributed by atoms with Crippen molar-refractivity contribution in [2.75, 3.05) is 5.32 Å². The monoisotopic (exact) mass is 248 g/mol. The molecule has 1 N–H and O–H groups in total. The molecular weight excluding hydrogens is 232 g/mol. The number of nitro groups is 1. The van der Waals surface area contributed by atoms with Crippen LogP contribution >= 0.6 is 0 Å². The summed E-state index contributed by atoms with van der Waals surface area (Å²) >= 11 is 0. The van der Waals surface area contributed by atoms with Crippen LogP contribution in [0.5, 0.6) is 0 Å². The molecule has 0 spiro atoms. The Kier molecular flexibility index (Phi) is 4.20. The van der Waals surface area contributed by atoms with E-state index in [2.05, 4.69) is 5.32 Å². The van der Waals surface area contributed by atoms with Crippen molar-refractivity contribution in [1.29, 1.82) is 0 Å². The highest BCUT2D eigenvalue weighted by atomic mass is 16.6. The standard InChI is InChI=1S/C13H16N2O3/c1-8(2)5-13(16)14-11-7-12(15(17)18)10(4)6-9(11)3/h5-7H,1-4H3,(H,14,16). The van der Waals surface area contributed by atoms with E-state index in [0.717, 1.165) is 11.1 Å². The Morgan fingerprint density at radius 1 is 1.28 bits per heavy atom. The van der Waals surface area contributed by atoms with Gasteiger partial charge in [0.15, 0.2) is 0 Å². The largest absolute Gasteiger partial charge is 0.322 e. The number of nitrogens with one attached hydrogen (secondary N) is 1. The molecule has 0 heterocycles. The van der Waals surface area contributed by atoms with Crippen molar-refractivity contribution in [2.45, 2.75) is 27.7 Å². The number of hydrogen-bond donors (Lipinski definition) is 1. The zero-order chi connectivity index (χ0) is 13.9. The summed E-state index contributed by atoms with van der Waals surface area (Å²) < 4.78 is 0. The highest BCUT2D eigenvalue weighted by Gasteiger charge is 2.14. The van der Waals surface area contributed by atoms with E-state index >= 15 is 0 Å². The molecule has 0 bridgehead atoms. The van der Waals surface area contributed by atoms with Gasteiger partial charge < -0.3 is 5.32 Å². The molecule has 0 aromatic heterocycles. The molecule has 0 saturated carbocycles. The second kappa shape index (κ2) is 5.44. The maximum absolute atomic E-state index is 11.6. The van der Waals surface area contributed by atoms with Crippen molar-refractivity contribution in [3.8, 4) is 0 Å². The number of benzene rings is 1. The number of nitrogens with zero attached hydrogens (tertiary/aromatic N) is 1. The van der Waals surface area contributed by atoms with Gasteiger partial charge in [-0.15, -0.1) is 0 Å². The van der Waals surface area contributed by atoms with Crippen LogP contribution in [0.25, 0.3) is 0 Å². The van der Waals surface area contributed by atoms with E-state index in [4.69, 9.17) is 0 Å². The topological polar surface area (TPSA) is 72.2 Å². The predicted molar refractivity (Wildman–Crippen MR) is 70.6 cm³/mol. The van der Waals surface area contributed by atoms with Crippen molar-refractivity contribution in [2.24, 2.45) is 0 Å². The summed E-state index contributed by atoms with van der Waals surface area (Å²) in [5, 5.41) is 13.5. The average molecular weight is 248 g/mol. The lowest BCUT2D eigenvalue weighted by molar-refractivity contribution is -0.385. The van der Waals surface area contributed by atoms with Gasteiger partial charge in [-0.05, 0) is 39.3 Å². The lowest BCUT2D eigenvalue weighted by Gasteiger charge is -2.08. The molecule has 1 rings (SSSR count). The fourth-order valence-corrected chi connectivity index (χ4v) is 1.60. The number of anilines is 1. The van der Waals surface area contributed by atoms with Crippen molar-refractivity contribution >= 4 is 17.3 Å². The lowest BCUT2D eigenvalue weighted by Crippen LogP contribution is -2.10. The zero-order valence-electron chi connectivity index (χ0n) is 10.9. The number of hydrogen-bond acceptors (Lipinski definition) is 3. The van der Waals surface area contributed by atoms with Crippen molar-refractivity contribution in [3.05, 3.63) is 45.0 Å². The Hall–Kier alpha value is -2.17. The van der Waals surface area contributed by atoms with Gasteiger partial charge >= 0.3 is 0 Å². The molecule has 5 nitrogen and oxygen atoms in total. The predicted octanol–water partition coefficient (Wildman–Crippen LogP) is 3.12. The van der Waals surface area contributed by atoms with E-state index in [1.54, 1.807) is 19.9 Å². The fourth-order valence-electron chi connectivity index (χ4n) is 1.60. The number of carbonyl (C=O) groups excluding carboxylic acids is 1. The number of aryl methyl sites for hydroxylation is 2. The third-order valence-corrected chi connectivity index (χ3v) is 2.42. The minimum atomic E-state index is -0.453. The van der Waals surface area contributed by atoms with Crippen molar-refractivity contribution < 1.29 is 9.72 Å². The summed E-state index contributed by atoms with van der Waals surface area (Å²) in [5.41, 5.74) is 2.72. The first-order valence-electron chi connectivity index (χ1n) is 5.52. The van der Waals surface area contributed by atoms with Crippen LogP contribution in [0.4, 0.5) is 11.4 Å². The van der Waals surface area contributed by atoms with Crippen LogP contribution < -0.4 is 5.32 Å². The fraction of sp³-hybridized carbons (Fsp3) is 0.308. The molecule has 0 unspecified atom stereocenters. The SMILES string of the molecule is CC(C)=CC(=O)Nc1cc([N+](=O)[O-])c(C)cc1C. The van der Waals surface area contributed by atoms with E-state index in [-0.39, 0.29) is 11.6 Å². The van der Waals surface area contributed by atoms with E-state index in [9.17, 15) is 14.9 Å². The Balaban J connectivity index is 3.10. The van der Waals surface area contributed by atoms with Crippen molar-refractivity contribution in [3.63, 3.8) is 0 Å². The van der Waals surface area contributed by atoms with Gasteiger partial charge in [0, 0.05) is 17.7 Å². The minimum absolute atomic E-state index is 0.00750. The van der Waals surface area contributed by atoms with E-state index in [0.29, 0.717) is 11.3 Å². The highest BCUT2D eigenvalue weighted by molar-refractivity contribution is 6.00. The molecule has 1 amide bonds. The molecule has 0 radical (unpaired) electrons. The first-order chi connectivity index (χ1) is 8.31. The van der Waals surface area contributed by atoms with E-state index < -0.39 is 4.92 Å². The first kappa shape index (κ1) is 13.9. The van der Waals surface area contributed by atoms with Crippen LogP contribution in [-0.4, -0.2) is 10.8 Å². The summed E-state index contributed by atoms with van der Waals surface area (Å²) in [4.78, 5) is 22.0. The molecule has 0 atom stereocenters. The molecule has 0 aliphatic heterocycles. The second-order valence-corrected chi connectivity index (χ2v) is 4.42. The second-order valence-electron chi connectivity index (χ2n) is 4.42. The van der Waals surface area contributed by atoms with Crippen LogP contribution in [-0.2, 0) is 4.79 Å². The Morgan fingerprint density at radius 3 is 2.39 bits per heavy atom. The van der Waals surface area contributed by atoms with Crippen LogP contribution in [0.2, 0.25) is 0 Å². The van der Waals surface area contributed by atoms with Crippen molar-refractivity contribution in [1.82, 2.24) is 0 Å². The third kappa shape index (κ3) is 3.41. The van der Waals surface area contributed by atoms with Crippen LogP contribution in [0.1, 0.15) is 25.0 Å². The molecule has 1 aromatic carbocycles. The van der Waals surface area contributed by atoms with Crippen LogP contribution in [0, 0.1) is 24.0 Å². The lowest BCUT2D eigenvalue weighted by atomic mass is 10.1. The third-order valence-electron chi connectivity index (χ3n) is 2.42. The maximum Gasteiger partial charge on any atom is 0.274 e. The summed E-state index contributed by atoms with van der Waals surface area (Å²) in [6.07, 6.45) is 1.45. The summed E-state index contributed by atoms with van der Waals surface area (Å²) in [7, 11) is 0. The molecule has 0 aliphatic rings. The number of rotatable bonds is 3. The van der Waals surface area contributed by atoms with Gasteiger partial charge in [0.25, 0.3) is 5.69 Å². The summed E-state index contributed by atoms with van der Waals surface area (Å²) in [5.74, 6) is -0.281. The average Bonchev–Trinajstić information content (AvgIpc) is 2.20. The highest BCUT2D eigenvalue weighted by Crippen LogP contribution is 2.26. The maximum atomic E-state index is 11.6. The number of nitro benzene ring substituents is 1. The molecule has 0 saturated heterocycles. The van der Waals surface area contributed by atoms with Crippen LogP contribution in [0.3, 0.4) is 0 Å². The zero-order valence-corrected chi connectivity index (χ0v) is 10.9. The normalized spacial score (nSPS) is 9.78. The number of carbonyl (C=O) groups is 1. The molecular formula is C13H16N2O3. The molecule has 0 fully saturated rings. The Morgan fingerprint density at radius 2 is 1.89 bits per heavy atom. The van der Waals surface area contributed by atoms with Gasteiger partial charge in [0.1, 0.15) is 0 Å². The Labute approximate surface area is 106 Å². The molecule has 96 valence electrons. The van der Waals surface area contributed by atoms with Gasteiger partial charge in [-0.1, -0.05) is 5.57 Å². The van der Waals surface area contributed by atoms with Gasteiger partial charge in [0.2, 0.25) is 5.91 Å². The van der Waals surface area contributed by atoms with Gasteiger partial charge in [-0.3, -0.25) is 14.9 Å². The van der Waals surface area contributed by atoms with Gasteiger partial charge in [-0.2, -0.15) is 0 Å².